The predicted molar refractivity (Wildman–Crippen MR) is 142 cm³/mol. The molecule has 182 valence electrons. The molecule has 36 heavy (non-hydrogen) atoms. The molecular formula is C27H26N6O2S. The maximum absolute atomic E-state index is 12.6. The molecule has 3 aromatic carbocycles. The van der Waals surface area contributed by atoms with E-state index in [0.717, 1.165) is 23.8 Å². The number of anilines is 3. The van der Waals surface area contributed by atoms with E-state index < -0.39 is 0 Å². The van der Waals surface area contributed by atoms with Gasteiger partial charge < -0.3 is 20.5 Å². The van der Waals surface area contributed by atoms with Crippen LogP contribution < -0.4 is 16.0 Å². The maximum atomic E-state index is 12.6. The predicted octanol–water partition coefficient (Wildman–Crippen LogP) is 5.58. The third kappa shape index (κ3) is 6.31. The van der Waals surface area contributed by atoms with Crippen molar-refractivity contribution in [2.45, 2.75) is 30.5 Å². The summed E-state index contributed by atoms with van der Waals surface area (Å²) in [5, 5.41) is 18.0. The number of carbonyl (C=O) groups is 2. The van der Waals surface area contributed by atoms with Crippen molar-refractivity contribution >= 4 is 40.8 Å². The van der Waals surface area contributed by atoms with Gasteiger partial charge in [-0.15, -0.1) is 10.2 Å². The van der Waals surface area contributed by atoms with Crippen LogP contribution >= 0.6 is 11.8 Å². The summed E-state index contributed by atoms with van der Waals surface area (Å²) in [7, 11) is 0. The highest BCUT2D eigenvalue weighted by Gasteiger charge is 2.30. The molecule has 8 nitrogen and oxygen atoms in total. The highest BCUT2D eigenvalue weighted by molar-refractivity contribution is 7.99. The molecule has 1 heterocycles. The molecule has 0 atom stereocenters. The van der Waals surface area contributed by atoms with E-state index in [1.54, 1.807) is 24.3 Å². The lowest BCUT2D eigenvalue weighted by atomic mass is 10.2. The van der Waals surface area contributed by atoms with Gasteiger partial charge in [-0.2, -0.15) is 0 Å². The van der Waals surface area contributed by atoms with Crippen molar-refractivity contribution in [1.29, 1.82) is 0 Å². The lowest BCUT2D eigenvalue weighted by molar-refractivity contribution is -0.113. The number of nitrogens with zero attached hydrogens (tertiary/aromatic N) is 3. The monoisotopic (exact) mass is 498 g/mol. The van der Waals surface area contributed by atoms with E-state index in [1.165, 1.54) is 17.3 Å². The quantitative estimate of drug-likeness (QED) is 0.262. The zero-order chi connectivity index (χ0) is 24.7. The molecule has 0 aliphatic heterocycles. The van der Waals surface area contributed by atoms with Crippen molar-refractivity contribution in [2.75, 3.05) is 21.7 Å². The summed E-state index contributed by atoms with van der Waals surface area (Å²) in [6, 6.07) is 26.1. The van der Waals surface area contributed by atoms with E-state index in [9.17, 15) is 9.59 Å². The van der Waals surface area contributed by atoms with Gasteiger partial charge in [-0.05, 0) is 54.8 Å². The number of amides is 3. The molecule has 3 amide bonds. The van der Waals surface area contributed by atoms with Gasteiger partial charge in [-0.1, -0.05) is 60.3 Å². The molecule has 5 rings (SSSR count). The number of hydrogen-bond acceptors (Lipinski definition) is 5. The van der Waals surface area contributed by atoms with Gasteiger partial charge >= 0.3 is 6.03 Å². The molecule has 1 aliphatic rings. The van der Waals surface area contributed by atoms with Crippen LogP contribution in [0.4, 0.5) is 21.9 Å². The number of urea groups is 1. The average Bonchev–Trinajstić information content (AvgIpc) is 3.66. The van der Waals surface area contributed by atoms with Gasteiger partial charge in [-0.25, -0.2) is 4.79 Å². The maximum Gasteiger partial charge on any atom is 0.323 e. The fraction of sp³-hybridized carbons (Fsp3) is 0.185. The standard InChI is InChI=1S/C27H26N6O2S/c34-24(28-22-13-15-23(16-14-22)30-26(35)29-21-9-5-2-6-10-21)18-36-27-32-31-25(20-11-12-20)33(27)17-19-7-3-1-4-8-19/h1-10,13-16,20H,11-12,17-18H2,(H,28,34)(H2,29,30,35). The zero-order valence-electron chi connectivity index (χ0n) is 19.6. The Hall–Kier alpha value is -4.11. The summed E-state index contributed by atoms with van der Waals surface area (Å²) in [6.45, 7) is 0.690. The highest BCUT2D eigenvalue weighted by atomic mass is 32.2. The fourth-order valence-electron chi connectivity index (χ4n) is 3.74. The first-order chi connectivity index (χ1) is 17.6. The second kappa shape index (κ2) is 11.1. The van der Waals surface area contributed by atoms with Crippen molar-refractivity contribution in [1.82, 2.24) is 14.8 Å². The van der Waals surface area contributed by atoms with E-state index in [1.807, 2.05) is 48.5 Å². The van der Waals surface area contributed by atoms with Crippen molar-refractivity contribution < 1.29 is 9.59 Å². The number of para-hydroxylation sites is 1. The van der Waals surface area contributed by atoms with Crippen LogP contribution in [0.15, 0.2) is 90.1 Å². The SMILES string of the molecule is O=C(CSc1nnc(C2CC2)n1Cc1ccccc1)Nc1ccc(NC(=O)Nc2ccccc2)cc1. The Kier molecular flexibility index (Phi) is 7.28. The average molecular weight is 499 g/mol. The molecule has 3 N–H and O–H groups in total. The fourth-order valence-corrected chi connectivity index (χ4v) is 4.49. The van der Waals surface area contributed by atoms with Crippen LogP contribution in [-0.4, -0.2) is 32.5 Å². The molecule has 0 bridgehead atoms. The van der Waals surface area contributed by atoms with E-state index in [4.69, 9.17) is 0 Å². The second-order valence-electron chi connectivity index (χ2n) is 8.55. The summed E-state index contributed by atoms with van der Waals surface area (Å²) in [4.78, 5) is 24.8. The van der Waals surface area contributed by atoms with E-state index in [-0.39, 0.29) is 17.7 Å². The molecule has 1 aromatic heterocycles. The van der Waals surface area contributed by atoms with Crippen molar-refractivity contribution in [2.24, 2.45) is 0 Å². The van der Waals surface area contributed by atoms with Gasteiger partial charge in [0.25, 0.3) is 0 Å². The Labute approximate surface area is 213 Å². The molecule has 0 radical (unpaired) electrons. The van der Waals surface area contributed by atoms with Crippen molar-refractivity contribution in [3.8, 4) is 0 Å². The summed E-state index contributed by atoms with van der Waals surface area (Å²) < 4.78 is 2.13. The molecular weight excluding hydrogens is 472 g/mol. The van der Waals surface area contributed by atoms with Crippen LogP contribution in [0.1, 0.15) is 30.1 Å². The van der Waals surface area contributed by atoms with E-state index in [2.05, 4.69) is 42.8 Å². The summed E-state index contributed by atoms with van der Waals surface area (Å²) in [6.07, 6.45) is 2.27. The smallest absolute Gasteiger partial charge is 0.323 e. The van der Waals surface area contributed by atoms with Crippen LogP contribution in [-0.2, 0) is 11.3 Å². The number of hydrogen-bond donors (Lipinski definition) is 3. The Morgan fingerprint density at radius 3 is 2.00 bits per heavy atom. The highest BCUT2D eigenvalue weighted by Crippen LogP contribution is 2.40. The first-order valence-corrected chi connectivity index (χ1v) is 12.8. The summed E-state index contributed by atoms with van der Waals surface area (Å²) >= 11 is 1.38. The molecule has 1 aliphatic carbocycles. The molecule has 0 saturated heterocycles. The van der Waals surface area contributed by atoms with E-state index in [0.29, 0.717) is 29.5 Å². The number of benzene rings is 3. The summed E-state index contributed by atoms with van der Waals surface area (Å²) in [5.41, 5.74) is 3.16. The second-order valence-corrected chi connectivity index (χ2v) is 9.49. The largest absolute Gasteiger partial charge is 0.325 e. The molecule has 9 heteroatoms. The van der Waals surface area contributed by atoms with Crippen LogP contribution in [0.2, 0.25) is 0 Å². The van der Waals surface area contributed by atoms with Gasteiger partial charge in [0.1, 0.15) is 5.82 Å². The minimum atomic E-state index is -0.334. The third-order valence-electron chi connectivity index (χ3n) is 5.66. The van der Waals surface area contributed by atoms with Crippen LogP contribution in [0.5, 0.6) is 0 Å². The Morgan fingerprint density at radius 1 is 0.778 bits per heavy atom. The minimum Gasteiger partial charge on any atom is -0.325 e. The summed E-state index contributed by atoms with van der Waals surface area (Å²) in [5.74, 6) is 1.55. The minimum absolute atomic E-state index is 0.134. The van der Waals surface area contributed by atoms with Gasteiger partial charge in [-0.3, -0.25) is 4.79 Å². The van der Waals surface area contributed by atoms with Crippen LogP contribution in [0, 0.1) is 0 Å². The molecule has 1 saturated carbocycles. The van der Waals surface area contributed by atoms with Gasteiger partial charge in [0.2, 0.25) is 5.91 Å². The molecule has 0 unspecified atom stereocenters. The van der Waals surface area contributed by atoms with E-state index >= 15 is 0 Å². The van der Waals surface area contributed by atoms with Gasteiger partial charge in [0.05, 0.1) is 12.3 Å². The lowest BCUT2D eigenvalue weighted by Crippen LogP contribution is -2.19. The Balaban J connectivity index is 1.14. The van der Waals surface area contributed by atoms with Crippen LogP contribution in [0.3, 0.4) is 0 Å². The third-order valence-corrected chi connectivity index (χ3v) is 6.63. The number of aromatic nitrogens is 3. The van der Waals surface area contributed by atoms with Crippen molar-refractivity contribution in [3.05, 3.63) is 96.3 Å². The number of rotatable bonds is 9. The molecule has 1 fully saturated rings. The Morgan fingerprint density at radius 2 is 1.36 bits per heavy atom. The van der Waals surface area contributed by atoms with Gasteiger partial charge in [0, 0.05) is 23.0 Å². The number of nitrogens with one attached hydrogen (secondary N) is 3. The first kappa shape index (κ1) is 23.6. The lowest BCUT2D eigenvalue weighted by Gasteiger charge is -2.11. The van der Waals surface area contributed by atoms with Crippen molar-refractivity contribution in [3.63, 3.8) is 0 Å². The zero-order valence-corrected chi connectivity index (χ0v) is 20.4. The normalized spacial score (nSPS) is 12.7. The van der Waals surface area contributed by atoms with Crippen LogP contribution in [0.25, 0.3) is 0 Å². The Bertz CT molecular complexity index is 1320. The molecule has 4 aromatic rings. The number of carbonyl (C=O) groups excluding carboxylic acids is 2. The first-order valence-electron chi connectivity index (χ1n) is 11.8. The molecule has 0 spiro atoms. The van der Waals surface area contributed by atoms with Gasteiger partial charge in [0.15, 0.2) is 5.16 Å². The topological polar surface area (TPSA) is 101 Å². The number of thioether (sulfide) groups is 1.